The number of ether oxygens (including phenoxy) is 2. The molecule has 0 aliphatic carbocycles. The van der Waals surface area contributed by atoms with E-state index in [1.54, 1.807) is 24.3 Å². The predicted molar refractivity (Wildman–Crippen MR) is 183 cm³/mol. The number of amides is 3. The number of nitrogens with zero attached hydrogens (tertiary/aromatic N) is 2. The Bertz CT molecular complexity index is 1350. The van der Waals surface area contributed by atoms with E-state index < -0.39 is 60.2 Å². The van der Waals surface area contributed by atoms with E-state index in [1.165, 1.54) is 12.1 Å². The molecule has 2 fully saturated rings. The Balaban J connectivity index is 1.48. The molecule has 17 heteroatoms. The van der Waals surface area contributed by atoms with Crippen molar-refractivity contribution in [2.75, 3.05) is 26.3 Å². The lowest BCUT2D eigenvalue weighted by Gasteiger charge is -2.22. The molecule has 17 nitrogen and oxygen atoms in total. The molecule has 3 amide bonds. The van der Waals surface area contributed by atoms with Crippen LogP contribution in [0.15, 0.2) is 36.4 Å². The minimum absolute atomic E-state index is 0.00727. The number of phenols is 1. The smallest absolute Gasteiger partial charge is 0.328 e. The van der Waals surface area contributed by atoms with Gasteiger partial charge in [-0.3, -0.25) is 29.7 Å². The molecular weight excluding hydrogens is 682 g/mol. The van der Waals surface area contributed by atoms with Crippen LogP contribution in [0.4, 0.5) is 0 Å². The first-order valence-corrected chi connectivity index (χ1v) is 17.9. The Hall–Kier alpha value is -4.13. The van der Waals surface area contributed by atoms with Crippen molar-refractivity contribution in [1.29, 1.82) is 0 Å². The number of nitrogens with one attached hydrogen (secondary N) is 3. The molecule has 1 aromatic carbocycles. The van der Waals surface area contributed by atoms with Crippen molar-refractivity contribution in [3.8, 4) is 5.75 Å². The fourth-order valence-corrected chi connectivity index (χ4v) is 5.77. The number of aliphatic carboxylic acids is 1. The van der Waals surface area contributed by atoms with E-state index in [1.807, 2.05) is 0 Å². The highest BCUT2D eigenvalue weighted by Crippen LogP contribution is 2.28. The molecule has 0 radical (unpaired) electrons. The third-order valence-corrected chi connectivity index (χ3v) is 8.75. The van der Waals surface area contributed by atoms with E-state index in [2.05, 4.69) is 16.0 Å². The molecule has 1 aromatic rings. The summed E-state index contributed by atoms with van der Waals surface area (Å²) in [5, 5.41) is 58.7. The predicted octanol–water partition coefficient (Wildman–Crippen LogP) is 1.85. The summed E-state index contributed by atoms with van der Waals surface area (Å²) in [5.74, 6) is -3.32. The third kappa shape index (κ3) is 14.8. The summed E-state index contributed by atoms with van der Waals surface area (Å²) in [7, 11) is 0. The number of carbonyl (C=O) groups is 5. The molecule has 0 aromatic heterocycles. The van der Waals surface area contributed by atoms with Gasteiger partial charge in [-0.1, -0.05) is 37.1 Å². The van der Waals surface area contributed by atoms with Gasteiger partial charge in [-0.05, 0) is 69.9 Å². The number of aliphatic hydroxyl groups is 1. The summed E-state index contributed by atoms with van der Waals surface area (Å²) in [5.41, 5.74) is 0.447. The van der Waals surface area contributed by atoms with Gasteiger partial charge < -0.3 is 40.6 Å². The van der Waals surface area contributed by atoms with Crippen LogP contribution in [0.5, 0.6) is 5.75 Å². The van der Waals surface area contributed by atoms with Gasteiger partial charge >= 0.3 is 11.9 Å². The van der Waals surface area contributed by atoms with Crippen LogP contribution in [-0.4, -0.2) is 116 Å². The molecule has 0 spiro atoms. The maximum Gasteiger partial charge on any atom is 0.328 e. The van der Waals surface area contributed by atoms with Crippen LogP contribution in [0.1, 0.15) is 95.3 Å². The standard InChI is InChI=1S/C35H53N5O12/c41-28-16-8-7-13-24(28)33-38-27(23-52-33)32(46)37-26(35(48)51-22-19-29(42)36-25-14-9-12-21-40(50)34(25)47)15-10-11-20-39(49)30(43)17-5-3-1-2-4-6-18-31(44)45/h5,7-8,13,16-17,25-27,30,33,38,41,43,49-50H,1-4,6,9-12,14-15,18-23H2,(H,36,42)(H,37,46)(H,44,45)/b17-5-/t25-,26-,27-,30?,33?/m0/s1. The zero-order valence-corrected chi connectivity index (χ0v) is 29.4. The van der Waals surface area contributed by atoms with Crippen LogP contribution in [0.3, 0.4) is 0 Å². The maximum atomic E-state index is 13.2. The topological polar surface area (TPSA) is 248 Å². The van der Waals surface area contributed by atoms with Crippen molar-refractivity contribution in [2.45, 2.75) is 114 Å². The van der Waals surface area contributed by atoms with Crippen LogP contribution in [0, 0.1) is 0 Å². The molecule has 2 aliphatic heterocycles. The van der Waals surface area contributed by atoms with E-state index in [0.717, 1.165) is 24.3 Å². The normalized spacial score (nSPS) is 20.4. The Kier molecular flexibility index (Phi) is 18.5. The number of unbranched alkanes of at least 4 members (excludes halogenated alkanes) is 5. The van der Waals surface area contributed by atoms with Crippen molar-refractivity contribution in [1.82, 2.24) is 26.1 Å². The summed E-state index contributed by atoms with van der Waals surface area (Å²) in [4.78, 5) is 61.7. The summed E-state index contributed by atoms with van der Waals surface area (Å²) >= 11 is 0. The van der Waals surface area contributed by atoms with E-state index in [-0.39, 0.29) is 51.3 Å². The van der Waals surface area contributed by atoms with E-state index in [9.17, 15) is 44.6 Å². The second-order valence-corrected chi connectivity index (χ2v) is 12.9. The maximum absolute atomic E-state index is 13.2. The lowest BCUT2D eigenvalue weighted by atomic mass is 10.1. The number of esters is 1. The van der Waals surface area contributed by atoms with Crippen LogP contribution in [0.25, 0.3) is 0 Å². The van der Waals surface area contributed by atoms with Crippen LogP contribution >= 0.6 is 0 Å². The molecule has 0 bridgehead atoms. The Morgan fingerprint density at radius 3 is 2.62 bits per heavy atom. The van der Waals surface area contributed by atoms with Gasteiger partial charge in [-0.25, -0.2) is 9.86 Å². The SMILES string of the molecule is O=C(O)CCCCCC/C=C\C(O)N(O)CCCC[C@H](NC(=O)[C@@H]1COC(c2ccccc2O)N1)C(=O)OCCC(=O)N[C@H]1CCCCN(O)C1=O. The highest BCUT2D eigenvalue weighted by atomic mass is 16.5. The molecule has 5 atom stereocenters. The minimum Gasteiger partial charge on any atom is -0.508 e. The van der Waals surface area contributed by atoms with Crippen molar-refractivity contribution in [2.24, 2.45) is 0 Å². The van der Waals surface area contributed by atoms with Gasteiger partial charge in [0.05, 0.1) is 13.0 Å². The van der Waals surface area contributed by atoms with E-state index in [4.69, 9.17) is 14.6 Å². The highest BCUT2D eigenvalue weighted by Gasteiger charge is 2.34. The molecule has 290 valence electrons. The fraction of sp³-hybridized carbons (Fsp3) is 0.629. The number of carboxylic acids is 1. The van der Waals surface area contributed by atoms with Gasteiger partial charge in [0.15, 0.2) is 0 Å². The summed E-state index contributed by atoms with van der Waals surface area (Å²) < 4.78 is 11.0. The molecular formula is C35H53N5O12. The highest BCUT2D eigenvalue weighted by molar-refractivity contribution is 5.89. The first-order valence-electron chi connectivity index (χ1n) is 17.9. The van der Waals surface area contributed by atoms with E-state index >= 15 is 0 Å². The molecule has 2 heterocycles. The number of aliphatic hydroxyl groups excluding tert-OH is 1. The van der Waals surface area contributed by atoms with Gasteiger partial charge in [-0.2, -0.15) is 5.06 Å². The number of carbonyl (C=O) groups excluding carboxylic acids is 4. The largest absolute Gasteiger partial charge is 0.508 e. The lowest BCUT2D eigenvalue weighted by Crippen LogP contribution is -2.50. The Labute approximate surface area is 302 Å². The number of phenolic OH excluding ortho intramolecular Hbond substituents is 1. The molecule has 8 N–H and O–H groups in total. The quantitative estimate of drug-likeness (QED) is 0.0212. The number of rotatable bonds is 22. The van der Waals surface area contributed by atoms with E-state index in [0.29, 0.717) is 55.6 Å². The Morgan fingerprint density at radius 1 is 1.08 bits per heavy atom. The number of hydroxylamine groups is 4. The molecule has 3 rings (SSSR count). The summed E-state index contributed by atoms with van der Waals surface area (Å²) in [6, 6.07) is 3.66. The second kappa shape index (κ2) is 22.7. The number of allylic oxidation sites excluding steroid dienone is 1. The molecule has 52 heavy (non-hydrogen) atoms. The molecule has 2 aliphatic rings. The van der Waals surface area contributed by atoms with Crippen LogP contribution in [-0.2, 0) is 33.4 Å². The second-order valence-electron chi connectivity index (χ2n) is 12.9. The summed E-state index contributed by atoms with van der Waals surface area (Å²) in [6.45, 7) is -0.122. The van der Waals surface area contributed by atoms with Gasteiger partial charge in [0.1, 0.15) is 42.9 Å². The van der Waals surface area contributed by atoms with Gasteiger partial charge in [-0.15, -0.1) is 0 Å². The van der Waals surface area contributed by atoms with Crippen molar-refractivity contribution >= 4 is 29.7 Å². The number of hydrogen-bond donors (Lipinski definition) is 8. The van der Waals surface area contributed by atoms with Gasteiger partial charge in [0.25, 0.3) is 5.91 Å². The van der Waals surface area contributed by atoms with Gasteiger partial charge in [0, 0.05) is 25.1 Å². The average Bonchev–Trinajstić information content (AvgIpc) is 3.55. The third-order valence-electron chi connectivity index (χ3n) is 8.75. The number of hydrogen-bond acceptors (Lipinski definition) is 13. The first-order chi connectivity index (χ1) is 25.0. The fourth-order valence-electron chi connectivity index (χ4n) is 5.77. The molecule has 2 unspecified atom stereocenters. The number of carboxylic acid groups (broad SMARTS) is 1. The zero-order valence-electron chi connectivity index (χ0n) is 29.4. The number of aromatic hydroxyl groups is 1. The lowest BCUT2D eigenvalue weighted by molar-refractivity contribution is -0.177. The summed E-state index contributed by atoms with van der Waals surface area (Å²) in [6.07, 6.45) is 7.24. The zero-order chi connectivity index (χ0) is 37.9. The average molecular weight is 736 g/mol. The number of para-hydroxylation sites is 1. The van der Waals surface area contributed by atoms with Gasteiger partial charge in [0.2, 0.25) is 11.8 Å². The molecule has 0 saturated carbocycles. The Morgan fingerprint density at radius 2 is 1.85 bits per heavy atom. The first kappa shape index (κ1) is 42.3. The number of benzene rings is 1. The van der Waals surface area contributed by atoms with Crippen molar-refractivity contribution in [3.63, 3.8) is 0 Å². The van der Waals surface area contributed by atoms with Crippen molar-refractivity contribution in [3.05, 3.63) is 42.0 Å². The molecule has 2 saturated heterocycles. The van der Waals surface area contributed by atoms with Crippen LogP contribution in [0.2, 0.25) is 0 Å². The minimum atomic E-state index is -1.25. The van der Waals surface area contributed by atoms with Crippen molar-refractivity contribution < 1.29 is 59.2 Å². The monoisotopic (exact) mass is 735 g/mol. The van der Waals surface area contributed by atoms with Crippen LogP contribution < -0.4 is 16.0 Å².